The highest BCUT2D eigenvalue weighted by Gasteiger charge is 2.19. The van der Waals surface area contributed by atoms with E-state index in [9.17, 15) is 4.79 Å². The number of rotatable bonds is 5. The molecule has 1 aliphatic carbocycles. The Morgan fingerprint density at radius 3 is 2.95 bits per heavy atom. The normalized spacial score (nSPS) is 22.0. The van der Waals surface area contributed by atoms with E-state index in [0.29, 0.717) is 6.42 Å². The van der Waals surface area contributed by atoms with Gasteiger partial charge in [-0.15, -0.1) is 0 Å². The summed E-state index contributed by atoms with van der Waals surface area (Å²) in [5.74, 6) is 1.86. The molecule has 0 spiro atoms. The maximum absolute atomic E-state index is 12.0. The van der Waals surface area contributed by atoms with E-state index < -0.39 is 0 Å². The van der Waals surface area contributed by atoms with Crippen LogP contribution < -0.4 is 11.1 Å². The molecule has 0 aromatic heterocycles. The molecule has 0 saturated heterocycles. The van der Waals surface area contributed by atoms with Crippen LogP contribution >= 0.6 is 11.8 Å². The average molecular weight is 306 g/mol. The Hall–Kier alpha value is -1.16. The average Bonchev–Trinajstić information content (AvgIpc) is 2.42. The van der Waals surface area contributed by atoms with E-state index in [2.05, 4.69) is 12.2 Å². The van der Waals surface area contributed by atoms with Gasteiger partial charge in [-0.25, -0.2) is 0 Å². The van der Waals surface area contributed by atoms with Gasteiger partial charge in [0.25, 0.3) is 0 Å². The second kappa shape index (κ2) is 7.74. The van der Waals surface area contributed by atoms with Crippen molar-refractivity contribution in [3.05, 3.63) is 23.8 Å². The van der Waals surface area contributed by atoms with Crippen molar-refractivity contribution in [3.8, 4) is 0 Å². The van der Waals surface area contributed by atoms with Crippen LogP contribution in [0.4, 0.5) is 11.4 Å². The molecule has 2 rings (SSSR count). The molecule has 1 aliphatic rings. The molecule has 3 N–H and O–H groups in total. The minimum atomic E-state index is 0.0965. The van der Waals surface area contributed by atoms with Crippen molar-refractivity contribution < 1.29 is 4.79 Å². The number of benzene rings is 1. The van der Waals surface area contributed by atoms with Crippen molar-refractivity contribution in [2.75, 3.05) is 16.8 Å². The van der Waals surface area contributed by atoms with Gasteiger partial charge in [-0.3, -0.25) is 4.79 Å². The third-order valence-corrected chi connectivity index (χ3v) is 5.43. The van der Waals surface area contributed by atoms with Crippen molar-refractivity contribution in [2.45, 2.75) is 51.2 Å². The first-order valence-corrected chi connectivity index (χ1v) is 8.87. The first kappa shape index (κ1) is 16.2. The fourth-order valence-corrected chi connectivity index (χ4v) is 4.32. The largest absolute Gasteiger partial charge is 0.399 e. The summed E-state index contributed by atoms with van der Waals surface area (Å²) in [5.41, 5.74) is 8.32. The van der Waals surface area contributed by atoms with E-state index in [-0.39, 0.29) is 5.91 Å². The highest BCUT2D eigenvalue weighted by molar-refractivity contribution is 7.99. The zero-order valence-electron chi connectivity index (χ0n) is 13.0. The fraction of sp³-hybridized carbons (Fsp3) is 0.588. The lowest BCUT2D eigenvalue weighted by molar-refractivity contribution is -0.115. The van der Waals surface area contributed by atoms with Crippen LogP contribution in [0.25, 0.3) is 0 Å². The zero-order valence-corrected chi connectivity index (χ0v) is 13.8. The van der Waals surface area contributed by atoms with E-state index >= 15 is 0 Å². The summed E-state index contributed by atoms with van der Waals surface area (Å²) in [4.78, 5) is 12.0. The van der Waals surface area contributed by atoms with Gasteiger partial charge in [-0.05, 0) is 49.4 Å². The van der Waals surface area contributed by atoms with E-state index in [1.807, 2.05) is 36.9 Å². The lowest BCUT2D eigenvalue weighted by atomic mass is 9.91. The Labute approximate surface area is 132 Å². The summed E-state index contributed by atoms with van der Waals surface area (Å²) in [6.07, 6.45) is 5.92. The highest BCUT2D eigenvalue weighted by Crippen LogP contribution is 2.32. The predicted octanol–water partition coefficient (Wildman–Crippen LogP) is 4.22. The molecule has 2 unspecified atom stereocenters. The smallest absolute Gasteiger partial charge is 0.225 e. The molecule has 1 saturated carbocycles. The lowest BCUT2D eigenvalue weighted by Gasteiger charge is -2.26. The molecular weight excluding hydrogens is 280 g/mol. The van der Waals surface area contributed by atoms with Gasteiger partial charge in [-0.1, -0.05) is 19.8 Å². The third-order valence-electron chi connectivity index (χ3n) is 4.10. The van der Waals surface area contributed by atoms with Crippen LogP contribution in [-0.4, -0.2) is 16.9 Å². The molecular formula is C17H26N2OS. The number of hydrogen-bond donors (Lipinski definition) is 2. The molecule has 0 bridgehead atoms. The van der Waals surface area contributed by atoms with Crippen LogP contribution in [0.15, 0.2) is 18.2 Å². The maximum Gasteiger partial charge on any atom is 0.225 e. The number of thioether (sulfide) groups is 1. The second-order valence-electron chi connectivity index (χ2n) is 6.14. The number of nitrogens with one attached hydrogen (secondary N) is 1. The Balaban J connectivity index is 1.72. The van der Waals surface area contributed by atoms with Crippen molar-refractivity contribution in [1.29, 1.82) is 0 Å². The summed E-state index contributed by atoms with van der Waals surface area (Å²) < 4.78 is 0. The first-order valence-electron chi connectivity index (χ1n) is 7.82. The quantitative estimate of drug-likeness (QED) is 0.801. The molecule has 2 atom stereocenters. The molecule has 3 nitrogen and oxygen atoms in total. The highest BCUT2D eigenvalue weighted by atomic mass is 32.2. The Bertz CT molecular complexity index is 490. The van der Waals surface area contributed by atoms with Gasteiger partial charge in [0, 0.05) is 28.8 Å². The molecule has 1 fully saturated rings. The van der Waals surface area contributed by atoms with Crippen molar-refractivity contribution in [1.82, 2.24) is 0 Å². The van der Waals surface area contributed by atoms with Gasteiger partial charge in [0.1, 0.15) is 0 Å². The Morgan fingerprint density at radius 2 is 2.24 bits per heavy atom. The molecule has 4 heteroatoms. The molecule has 0 radical (unpaired) electrons. The molecule has 116 valence electrons. The summed E-state index contributed by atoms with van der Waals surface area (Å²) in [6, 6.07) is 5.58. The third kappa shape index (κ3) is 5.27. The van der Waals surface area contributed by atoms with Gasteiger partial charge in [0.05, 0.1) is 0 Å². The number of nitrogens with two attached hydrogens (primary N) is 1. The van der Waals surface area contributed by atoms with E-state index in [1.54, 1.807) is 0 Å². The van der Waals surface area contributed by atoms with E-state index in [1.165, 1.54) is 25.7 Å². The summed E-state index contributed by atoms with van der Waals surface area (Å²) in [6.45, 7) is 4.30. The van der Waals surface area contributed by atoms with Crippen molar-refractivity contribution >= 4 is 29.0 Å². The van der Waals surface area contributed by atoms with Crippen LogP contribution in [0.2, 0.25) is 0 Å². The van der Waals surface area contributed by atoms with Crippen LogP contribution in [0.3, 0.4) is 0 Å². The second-order valence-corrected chi connectivity index (χ2v) is 7.55. The molecule has 0 aliphatic heterocycles. The standard InChI is InChI=1S/C17H26N2OS/c1-12-4-3-5-15(10-12)21-9-8-17(20)19-16-7-6-14(18)11-13(16)2/h6-7,11-12,15H,3-5,8-10,18H2,1-2H3,(H,19,20). The minimum Gasteiger partial charge on any atom is -0.399 e. The minimum absolute atomic E-state index is 0.0965. The molecule has 1 amide bonds. The van der Waals surface area contributed by atoms with Gasteiger partial charge < -0.3 is 11.1 Å². The van der Waals surface area contributed by atoms with Gasteiger partial charge in [0.2, 0.25) is 5.91 Å². The van der Waals surface area contributed by atoms with Crippen LogP contribution in [0.1, 0.15) is 44.6 Å². The van der Waals surface area contributed by atoms with Crippen LogP contribution in [0.5, 0.6) is 0 Å². The molecule has 1 aromatic rings. The van der Waals surface area contributed by atoms with E-state index in [4.69, 9.17) is 5.73 Å². The number of anilines is 2. The zero-order chi connectivity index (χ0) is 15.2. The Morgan fingerprint density at radius 1 is 1.43 bits per heavy atom. The molecule has 1 aromatic carbocycles. The van der Waals surface area contributed by atoms with Crippen LogP contribution in [0, 0.1) is 12.8 Å². The number of aryl methyl sites for hydroxylation is 1. The van der Waals surface area contributed by atoms with Crippen LogP contribution in [-0.2, 0) is 4.79 Å². The summed E-state index contributed by atoms with van der Waals surface area (Å²) in [7, 11) is 0. The maximum atomic E-state index is 12.0. The first-order chi connectivity index (χ1) is 10.0. The number of nitrogen functional groups attached to an aromatic ring is 1. The number of carbonyl (C=O) groups is 1. The summed E-state index contributed by atoms with van der Waals surface area (Å²) >= 11 is 1.97. The SMILES string of the molecule is Cc1cc(N)ccc1NC(=O)CCSC1CCCC(C)C1. The number of amides is 1. The van der Waals surface area contributed by atoms with Gasteiger partial charge in [-0.2, -0.15) is 11.8 Å². The predicted molar refractivity (Wildman–Crippen MR) is 92.7 cm³/mol. The van der Waals surface area contributed by atoms with Crippen molar-refractivity contribution in [2.24, 2.45) is 5.92 Å². The van der Waals surface area contributed by atoms with Gasteiger partial charge in [0.15, 0.2) is 0 Å². The lowest BCUT2D eigenvalue weighted by Crippen LogP contribution is -2.17. The summed E-state index contributed by atoms with van der Waals surface area (Å²) in [5, 5.41) is 3.73. The van der Waals surface area contributed by atoms with Crippen molar-refractivity contribution in [3.63, 3.8) is 0 Å². The Kier molecular flexibility index (Phi) is 5.97. The molecule has 21 heavy (non-hydrogen) atoms. The van der Waals surface area contributed by atoms with Gasteiger partial charge >= 0.3 is 0 Å². The number of hydrogen-bond acceptors (Lipinski definition) is 3. The monoisotopic (exact) mass is 306 g/mol. The van der Waals surface area contributed by atoms with E-state index in [0.717, 1.165) is 33.9 Å². The fourth-order valence-electron chi connectivity index (χ4n) is 2.89. The number of carbonyl (C=O) groups excluding carboxylic acids is 1. The molecule has 0 heterocycles. The topological polar surface area (TPSA) is 55.1 Å².